The van der Waals surface area contributed by atoms with Gasteiger partial charge in [0.15, 0.2) is 0 Å². The van der Waals surface area contributed by atoms with Gasteiger partial charge in [-0.05, 0) is 32.1 Å². The Labute approximate surface area is 96.5 Å². The number of methoxy groups -OCH3 is 1. The van der Waals surface area contributed by atoms with Crippen molar-refractivity contribution in [3.05, 3.63) is 0 Å². The van der Waals surface area contributed by atoms with Crippen LogP contribution in [-0.2, 0) is 9.53 Å². The molecule has 1 fully saturated rings. The minimum atomic E-state index is 0.133. The lowest BCUT2D eigenvalue weighted by atomic mass is 10.2. The Kier molecular flexibility index (Phi) is 6.03. The van der Waals surface area contributed by atoms with Crippen LogP contribution >= 0.6 is 11.6 Å². The monoisotopic (exact) mass is 233 g/mol. The quantitative estimate of drug-likeness (QED) is 0.564. The number of hydrogen-bond acceptors (Lipinski definition) is 2. The molecule has 1 rings (SSSR count). The topological polar surface area (TPSA) is 38.3 Å². The SMILES string of the molecule is COC1CCCC1NC(=O)CCCCCl. The van der Waals surface area contributed by atoms with E-state index in [9.17, 15) is 4.79 Å². The summed E-state index contributed by atoms with van der Waals surface area (Å²) < 4.78 is 5.31. The molecule has 3 nitrogen and oxygen atoms in total. The van der Waals surface area contributed by atoms with E-state index in [1.165, 1.54) is 0 Å². The molecule has 1 saturated carbocycles. The summed E-state index contributed by atoms with van der Waals surface area (Å²) >= 11 is 5.55. The van der Waals surface area contributed by atoms with Gasteiger partial charge in [0.1, 0.15) is 0 Å². The van der Waals surface area contributed by atoms with Gasteiger partial charge in [-0.2, -0.15) is 0 Å². The summed E-state index contributed by atoms with van der Waals surface area (Å²) in [6.07, 6.45) is 5.82. The number of carbonyl (C=O) groups excluding carboxylic acids is 1. The molecule has 1 aliphatic carbocycles. The zero-order valence-electron chi connectivity index (χ0n) is 9.30. The van der Waals surface area contributed by atoms with Crippen LogP contribution in [0.4, 0.5) is 0 Å². The van der Waals surface area contributed by atoms with Gasteiger partial charge in [-0.15, -0.1) is 11.6 Å². The third kappa shape index (κ3) is 4.39. The molecule has 2 unspecified atom stereocenters. The first kappa shape index (κ1) is 12.8. The molecule has 1 N–H and O–H groups in total. The van der Waals surface area contributed by atoms with Crippen LogP contribution in [0.2, 0.25) is 0 Å². The van der Waals surface area contributed by atoms with Crippen LogP contribution in [0.25, 0.3) is 0 Å². The van der Waals surface area contributed by atoms with Crippen LogP contribution in [-0.4, -0.2) is 31.0 Å². The molecular weight excluding hydrogens is 214 g/mol. The normalized spacial score (nSPS) is 25.5. The van der Waals surface area contributed by atoms with Gasteiger partial charge < -0.3 is 10.1 Å². The summed E-state index contributed by atoms with van der Waals surface area (Å²) in [5, 5.41) is 3.03. The Morgan fingerprint density at radius 3 is 2.93 bits per heavy atom. The molecule has 2 atom stereocenters. The first-order valence-corrected chi connectivity index (χ1v) is 6.19. The average molecular weight is 234 g/mol. The van der Waals surface area contributed by atoms with Crippen molar-refractivity contribution in [2.24, 2.45) is 0 Å². The Bertz CT molecular complexity index is 199. The van der Waals surface area contributed by atoms with Crippen LogP contribution in [0.1, 0.15) is 38.5 Å². The van der Waals surface area contributed by atoms with Gasteiger partial charge in [0.2, 0.25) is 5.91 Å². The minimum Gasteiger partial charge on any atom is -0.379 e. The molecule has 0 aliphatic heterocycles. The second kappa shape index (κ2) is 7.07. The first-order valence-electron chi connectivity index (χ1n) is 5.66. The largest absolute Gasteiger partial charge is 0.379 e. The van der Waals surface area contributed by atoms with E-state index in [2.05, 4.69) is 5.32 Å². The van der Waals surface area contributed by atoms with Crippen molar-refractivity contribution in [2.45, 2.75) is 50.7 Å². The molecule has 0 bridgehead atoms. The summed E-state index contributed by atoms with van der Waals surface area (Å²) in [4.78, 5) is 11.5. The standard InChI is InChI=1S/C11H20ClNO2/c1-15-10-6-4-5-9(10)13-11(14)7-2-3-8-12/h9-10H,2-8H2,1H3,(H,13,14). The van der Waals surface area contributed by atoms with E-state index in [1.54, 1.807) is 7.11 Å². The van der Waals surface area contributed by atoms with Crippen molar-refractivity contribution in [3.63, 3.8) is 0 Å². The third-order valence-electron chi connectivity index (χ3n) is 2.89. The highest BCUT2D eigenvalue weighted by Crippen LogP contribution is 2.21. The van der Waals surface area contributed by atoms with E-state index in [0.717, 1.165) is 32.1 Å². The predicted molar refractivity (Wildman–Crippen MR) is 61.1 cm³/mol. The van der Waals surface area contributed by atoms with E-state index in [0.29, 0.717) is 12.3 Å². The van der Waals surface area contributed by atoms with Crippen LogP contribution < -0.4 is 5.32 Å². The number of hydrogen-bond donors (Lipinski definition) is 1. The van der Waals surface area contributed by atoms with Crippen molar-refractivity contribution < 1.29 is 9.53 Å². The predicted octanol–water partition coefficient (Wildman–Crippen LogP) is 2.08. The van der Waals surface area contributed by atoms with E-state index in [4.69, 9.17) is 16.3 Å². The van der Waals surface area contributed by atoms with Crippen molar-refractivity contribution in [3.8, 4) is 0 Å². The molecule has 0 aromatic rings. The zero-order chi connectivity index (χ0) is 11.1. The second-order valence-corrected chi connectivity index (χ2v) is 4.40. The fourth-order valence-electron chi connectivity index (χ4n) is 2.03. The minimum absolute atomic E-state index is 0.133. The molecule has 1 aliphatic rings. The molecule has 1 amide bonds. The maximum absolute atomic E-state index is 11.5. The number of halogens is 1. The fourth-order valence-corrected chi connectivity index (χ4v) is 2.22. The van der Waals surface area contributed by atoms with Crippen LogP contribution in [0.5, 0.6) is 0 Å². The molecule has 4 heteroatoms. The highest BCUT2D eigenvalue weighted by atomic mass is 35.5. The van der Waals surface area contributed by atoms with Gasteiger partial charge in [-0.3, -0.25) is 4.79 Å². The van der Waals surface area contributed by atoms with Crippen molar-refractivity contribution >= 4 is 17.5 Å². The van der Waals surface area contributed by atoms with Gasteiger partial charge in [0, 0.05) is 19.4 Å². The number of nitrogens with one attached hydrogen (secondary N) is 1. The second-order valence-electron chi connectivity index (χ2n) is 4.03. The molecule has 0 saturated heterocycles. The van der Waals surface area contributed by atoms with Crippen LogP contribution in [0, 0.1) is 0 Å². The number of carbonyl (C=O) groups is 1. The van der Waals surface area contributed by atoms with Crippen molar-refractivity contribution in [1.82, 2.24) is 5.32 Å². The summed E-state index contributed by atoms with van der Waals surface area (Å²) in [5.74, 6) is 0.770. The number of ether oxygens (including phenoxy) is 1. The molecule has 0 aromatic heterocycles. The Morgan fingerprint density at radius 2 is 2.27 bits per heavy atom. The molecule has 0 spiro atoms. The lowest BCUT2D eigenvalue weighted by Gasteiger charge is -2.19. The Morgan fingerprint density at radius 1 is 1.47 bits per heavy atom. The zero-order valence-corrected chi connectivity index (χ0v) is 10.1. The lowest BCUT2D eigenvalue weighted by molar-refractivity contribution is -0.122. The van der Waals surface area contributed by atoms with Gasteiger partial charge in [0.25, 0.3) is 0 Å². The maximum Gasteiger partial charge on any atom is 0.220 e. The molecule has 0 heterocycles. The number of alkyl halides is 1. The van der Waals surface area contributed by atoms with Gasteiger partial charge in [0.05, 0.1) is 12.1 Å². The first-order chi connectivity index (χ1) is 7.27. The van der Waals surface area contributed by atoms with Gasteiger partial charge >= 0.3 is 0 Å². The van der Waals surface area contributed by atoms with E-state index < -0.39 is 0 Å². The van der Waals surface area contributed by atoms with Gasteiger partial charge in [-0.25, -0.2) is 0 Å². The lowest BCUT2D eigenvalue weighted by Crippen LogP contribution is -2.40. The average Bonchev–Trinajstić information content (AvgIpc) is 2.65. The molecule has 15 heavy (non-hydrogen) atoms. The Hall–Kier alpha value is -0.280. The molecule has 88 valence electrons. The summed E-state index contributed by atoms with van der Waals surface area (Å²) in [7, 11) is 1.71. The van der Waals surface area contributed by atoms with Gasteiger partial charge in [-0.1, -0.05) is 0 Å². The van der Waals surface area contributed by atoms with Crippen LogP contribution in [0.3, 0.4) is 0 Å². The van der Waals surface area contributed by atoms with Crippen molar-refractivity contribution in [2.75, 3.05) is 13.0 Å². The maximum atomic E-state index is 11.5. The molecule has 0 radical (unpaired) electrons. The summed E-state index contributed by atoms with van der Waals surface area (Å²) in [6.45, 7) is 0. The smallest absolute Gasteiger partial charge is 0.220 e. The number of unbranched alkanes of at least 4 members (excludes halogenated alkanes) is 1. The van der Waals surface area contributed by atoms with E-state index >= 15 is 0 Å². The number of rotatable bonds is 6. The van der Waals surface area contributed by atoms with E-state index in [1.807, 2.05) is 0 Å². The summed E-state index contributed by atoms with van der Waals surface area (Å²) in [6, 6.07) is 0.221. The molecular formula is C11H20ClNO2. The third-order valence-corrected chi connectivity index (χ3v) is 3.16. The molecule has 0 aromatic carbocycles. The Balaban J connectivity index is 2.19. The fraction of sp³-hybridized carbons (Fsp3) is 0.909. The summed E-state index contributed by atoms with van der Waals surface area (Å²) in [5.41, 5.74) is 0. The number of amides is 1. The van der Waals surface area contributed by atoms with Crippen molar-refractivity contribution in [1.29, 1.82) is 0 Å². The van der Waals surface area contributed by atoms with E-state index in [-0.39, 0.29) is 18.1 Å². The van der Waals surface area contributed by atoms with Crippen LogP contribution in [0.15, 0.2) is 0 Å². The highest BCUT2D eigenvalue weighted by molar-refractivity contribution is 6.17. The highest BCUT2D eigenvalue weighted by Gasteiger charge is 2.27.